The first-order chi connectivity index (χ1) is 5.50. The van der Waals surface area contributed by atoms with E-state index in [9.17, 15) is 0 Å². The molecule has 0 amide bonds. The van der Waals surface area contributed by atoms with Crippen molar-refractivity contribution < 1.29 is 0 Å². The molecule has 0 aromatic carbocycles. The van der Waals surface area contributed by atoms with Gasteiger partial charge in [-0.05, 0) is 31.9 Å². The predicted octanol–water partition coefficient (Wildman–Crippen LogP) is 1.99. The molecule has 12 heavy (non-hydrogen) atoms. The van der Waals surface area contributed by atoms with Crippen LogP contribution in [-0.4, -0.2) is 45.0 Å². The summed E-state index contributed by atoms with van der Waals surface area (Å²) in [5.74, 6) is 0. The summed E-state index contributed by atoms with van der Waals surface area (Å²) in [6.45, 7) is 0. The van der Waals surface area contributed by atoms with Gasteiger partial charge in [0.15, 0.2) is 0 Å². The van der Waals surface area contributed by atoms with E-state index in [1.54, 1.807) is 49.9 Å². The molecule has 0 atom stereocenters. The number of hydrogen-bond acceptors (Lipinski definition) is 6. The van der Waals surface area contributed by atoms with Crippen molar-refractivity contribution in [3.63, 3.8) is 0 Å². The first-order valence-corrected chi connectivity index (χ1v) is 6.33. The zero-order chi connectivity index (χ0) is 7.78. The van der Waals surface area contributed by atoms with Crippen LogP contribution in [0.2, 0.25) is 0 Å². The zero-order valence-electron chi connectivity index (χ0n) is 6.45. The Balaban J connectivity index is 0.000000189. The summed E-state index contributed by atoms with van der Waals surface area (Å²) < 4.78 is 0. The molecule has 1 aliphatic rings. The van der Waals surface area contributed by atoms with Crippen LogP contribution in [0.4, 0.5) is 0 Å². The number of rotatable bonds is 0. The van der Waals surface area contributed by atoms with Gasteiger partial charge in [0.25, 0.3) is 0 Å². The van der Waals surface area contributed by atoms with E-state index in [2.05, 4.69) is 26.2 Å². The molecule has 0 spiro atoms. The molecule has 7 heteroatoms. The summed E-state index contributed by atoms with van der Waals surface area (Å²) in [4.78, 5) is 0. The Hall–Kier alpha value is 0.800. The molecule has 0 N–H and O–H groups in total. The summed E-state index contributed by atoms with van der Waals surface area (Å²) in [6.07, 6.45) is 3.15. The van der Waals surface area contributed by atoms with Crippen LogP contribution in [-0.2, 0) is 0 Å². The maximum Gasteiger partial charge on any atom is 0.0529 e. The quantitative estimate of drug-likeness (QED) is 0.497. The molecule has 1 aromatic heterocycles. The molecule has 0 fully saturated rings. The van der Waals surface area contributed by atoms with Crippen molar-refractivity contribution in [2.24, 2.45) is 0 Å². The van der Waals surface area contributed by atoms with E-state index in [1.165, 1.54) is 0 Å². The fraction of sp³-hybridized carbons (Fsp3) is 0. The third-order valence-corrected chi connectivity index (χ3v) is 4.03. The summed E-state index contributed by atoms with van der Waals surface area (Å²) in [6, 6.07) is 1.72. The third kappa shape index (κ3) is 7.45. The van der Waals surface area contributed by atoms with E-state index >= 15 is 0 Å². The summed E-state index contributed by atoms with van der Waals surface area (Å²) in [5.41, 5.74) is 0. The second kappa shape index (κ2) is 9.88. The van der Waals surface area contributed by atoms with Crippen molar-refractivity contribution in [2.45, 2.75) is 0 Å². The van der Waals surface area contributed by atoms with Crippen LogP contribution >= 0.6 is 31.4 Å². The molecule has 59 valence electrons. The monoisotopic (exact) mass is 226 g/mol. The number of aromatic nitrogens is 3. The Morgan fingerprint density at radius 3 is 1.67 bits per heavy atom. The van der Waals surface area contributed by atoms with Gasteiger partial charge >= 0.3 is 0 Å². The maximum absolute atomic E-state index is 3.42. The molecule has 2 heterocycles. The molecule has 1 aliphatic heterocycles. The van der Waals surface area contributed by atoms with Crippen molar-refractivity contribution in [1.82, 2.24) is 15.4 Å². The van der Waals surface area contributed by atoms with Gasteiger partial charge in [-0.1, -0.05) is 21.6 Å². The second-order valence-corrected chi connectivity index (χ2v) is 5.20. The minimum absolute atomic E-state index is 0. The zero-order valence-corrected chi connectivity index (χ0v) is 10.9. The van der Waals surface area contributed by atoms with Crippen molar-refractivity contribution >= 4 is 61.0 Å². The van der Waals surface area contributed by atoms with E-state index < -0.39 is 0 Å². The fourth-order valence-electron chi connectivity index (χ4n) is 0.318. The van der Waals surface area contributed by atoms with Crippen LogP contribution in [0.25, 0.3) is 0 Å². The average molecular weight is 226 g/mol. The molecule has 1 radical (unpaired) electrons. The van der Waals surface area contributed by atoms with Gasteiger partial charge in [-0.3, -0.25) is 0 Å². The molecular formula is C5H5N3NaS3. The topological polar surface area (TPSA) is 38.7 Å². The van der Waals surface area contributed by atoms with Crippen LogP contribution in [0, 0.1) is 0 Å². The maximum atomic E-state index is 3.42. The van der Waals surface area contributed by atoms with Gasteiger partial charge in [0.1, 0.15) is 0 Å². The molecule has 0 saturated heterocycles. The van der Waals surface area contributed by atoms with Gasteiger partial charge < -0.3 is 0 Å². The Morgan fingerprint density at radius 1 is 0.917 bits per heavy atom. The minimum Gasteiger partial charge on any atom is -0.139 e. The van der Waals surface area contributed by atoms with E-state index in [4.69, 9.17) is 0 Å². The predicted molar refractivity (Wildman–Crippen MR) is 57.5 cm³/mol. The van der Waals surface area contributed by atoms with Crippen molar-refractivity contribution in [3.8, 4) is 0 Å². The van der Waals surface area contributed by atoms with E-state index in [0.29, 0.717) is 0 Å². The molecule has 3 nitrogen and oxygen atoms in total. The first-order valence-electron chi connectivity index (χ1n) is 2.72. The van der Waals surface area contributed by atoms with Gasteiger partial charge in [-0.15, -0.1) is 10.2 Å². The van der Waals surface area contributed by atoms with Crippen molar-refractivity contribution in [3.05, 3.63) is 29.3 Å². The van der Waals surface area contributed by atoms with Crippen molar-refractivity contribution in [1.29, 1.82) is 0 Å². The SMILES string of the molecule is C1=CSSS1.[Na].c1cnnnc1. The molecule has 2 rings (SSSR count). The number of nitrogens with zero attached hydrogens (tertiary/aromatic N) is 3. The molecule has 0 unspecified atom stereocenters. The summed E-state index contributed by atoms with van der Waals surface area (Å²) in [5, 5.41) is 14.3. The largest absolute Gasteiger partial charge is 0.139 e. The second-order valence-electron chi connectivity index (χ2n) is 1.34. The molecule has 1 aromatic rings. The third-order valence-electron chi connectivity index (χ3n) is 0.654. The Morgan fingerprint density at radius 2 is 1.50 bits per heavy atom. The van der Waals surface area contributed by atoms with Gasteiger partial charge in [0.2, 0.25) is 0 Å². The summed E-state index contributed by atoms with van der Waals surface area (Å²) >= 11 is 0. The van der Waals surface area contributed by atoms with Crippen LogP contribution in [0.5, 0.6) is 0 Å². The van der Waals surface area contributed by atoms with Gasteiger partial charge in [-0.25, -0.2) is 0 Å². The Labute approximate surface area is 105 Å². The Kier molecular flexibility index (Phi) is 10.5. The fourth-order valence-corrected chi connectivity index (χ4v) is 3.27. The van der Waals surface area contributed by atoms with E-state index in [1.807, 2.05) is 0 Å². The normalized spacial score (nSPS) is 12.7. The van der Waals surface area contributed by atoms with Gasteiger partial charge in [0, 0.05) is 29.6 Å². The van der Waals surface area contributed by atoms with E-state index in [-0.39, 0.29) is 29.6 Å². The summed E-state index contributed by atoms with van der Waals surface area (Å²) in [7, 11) is 5.34. The molecular weight excluding hydrogens is 221 g/mol. The van der Waals surface area contributed by atoms with Crippen LogP contribution in [0.1, 0.15) is 0 Å². The molecule has 0 saturated carbocycles. The van der Waals surface area contributed by atoms with Crippen LogP contribution < -0.4 is 0 Å². The van der Waals surface area contributed by atoms with Crippen molar-refractivity contribution in [2.75, 3.05) is 0 Å². The average Bonchev–Trinajstić information content (AvgIpc) is 2.64. The molecule has 0 bridgehead atoms. The van der Waals surface area contributed by atoms with Gasteiger partial charge in [0.05, 0.1) is 12.4 Å². The number of hydrogen-bond donors (Lipinski definition) is 0. The van der Waals surface area contributed by atoms with Crippen LogP contribution in [0.15, 0.2) is 29.3 Å². The van der Waals surface area contributed by atoms with E-state index in [0.717, 1.165) is 0 Å². The smallest absolute Gasteiger partial charge is 0.0529 e. The standard InChI is InChI=1S/C3H3N3.C2H2S3.Na/c1-2-4-6-5-3-1;1-2-4-5-3-1;/h1-3H;1-2H;. The Bertz CT molecular complexity index is 176. The minimum atomic E-state index is 0. The van der Waals surface area contributed by atoms with Crippen LogP contribution in [0.3, 0.4) is 0 Å². The van der Waals surface area contributed by atoms with Gasteiger partial charge in [-0.2, -0.15) is 0 Å². The molecule has 0 aliphatic carbocycles. The first kappa shape index (κ1) is 12.8.